The summed E-state index contributed by atoms with van der Waals surface area (Å²) in [5.74, 6) is 0.816. The summed E-state index contributed by atoms with van der Waals surface area (Å²) in [5.41, 5.74) is 3.23. The first kappa shape index (κ1) is 19.0. The monoisotopic (exact) mass is 340 g/mol. The maximum atomic E-state index is 12.7. The zero-order valence-electron chi connectivity index (χ0n) is 15.7. The molecule has 0 heterocycles. The standard InChI is InChI=1S/C21H28N2O2/c1-17-9-8-10-18(2)21(17)25-16-20(24)23(14-13-22(3)4)15-19-11-6-5-7-12-19/h5-12H,13-16H2,1-4H3. The number of ether oxygens (including phenoxy) is 1. The summed E-state index contributed by atoms with van der Waals surface area (Å²) in [5, 5.41) is 0. The van der Waals surface area contributed by atoms with E-state index in [-0.39, 0.29) is 12.5 Å². The van der Waals surface area contributed by atoms with Crippen molar-refractivity contribution in [3.63, 3.8) is 0 Å². The Bertz CT molecular complexity index is 663. The fourth-order valence-corrected chi connectivity index (χ4v) is 2.67. The van der Waals surface area contributed by atoms with E-state index in [1.165, 1.54) is 0 Å². The zero-order chi connectivity index (χ0) is 18.2. The van der Waals surface area contributed by atoms with Crippen LogP contribution in [0, 0.1) is 13.8 Å². The third-order valence-corrected chi connectivity index (χ3v) is 4.13. The first-order valence-corrected chi connectivity index (χ1v) is 8.63. The van der Waals surface area contributed by atoms with E-state index in [9.17, 15) is 4.79 Å². The number of benzene rings is 2. The molecule has 2 rings (SSSR count). The summed E-state index contributed by atoms with van der Waals surface area (Å²) in [6.07, 6.45) is 0. The molecule has 0 aliphatic heterocycles. The number of carbonyl (C=O) groups is 1. The SMILES string of the molecule is Cc1cccc(C)c1OCC(=O)N(CCN(C)C)Cc1ccccc1. The largest absolute Gasteiger partial charge is 0.483 e. The van der Waals surface area contributed by atoms with Crippen molar-refractivity contribution in [2.45, 2.75) is 20.4 Å². The molecule has 4 heteroatoms. The fraction of sp³-hybridized carbons (Fsp3) is 0.381. The number of para-hydroxylation sites is 1. The Morgan fingerprint density at radius 1 is 0.920 bits per heavy atom. The quantitative estimate of drug-likeness (QED) is 0.739. The number of aryl methyl sites for hydroxylation is 2. The lowest BCUT2D eigenvalue weighted by molar-refractivity contribution is -0.134. The van der Waals surface area contributed by atoms with Gasteiger partial charge in [0.2, 0.25) is 0 Å². The zero-order valence-corrected chi connectivity index (χ0v) is 15.7. The Morgan fingerprint density at radius 3 is 2.16 bits per heavy atom. The van der Waals surface area contributed by atoms with Crippen LogP contribution in [0.4, 0.5) is 0 Å². The van der Waals surface area contributed by atoms with Gasteiger partial charge in [0, 0.05) is 19.6 Å². The minimum absolute atomic E-state index is 0.00774. The van der Waals surface area contributed by atoms with Gasteiger partial charge in [-0.15, -0.1) is 0 Å². The van der Waals surface area contributed by atoms with Crippen molar-refractivity contribution in [3.05, 3.63) is 65.2 Å². The Balaban J connectivity index is 2.03. The molecule has 134 valence electrons. The van der Waals surface area contributed by atoms with Crippen molar-refractivity contribution in [2.24, 2.45) is 0 Å². The van der Waals surface area contributed by atoms with Crippen LogP contribution < -0.4 is 4.74 Å². The van der Waals surface area contributed by atoms with E-state index in [0.29, 0.717) is 13.1 Å². The lowest BCUT2D eigenvalue weighted by atomic mass is 10.1. The number of amides is 1. The van der Waals surface area contributed by atoms with Crippen LogP contribution in [0.2, 0.25) is 0 Å². The number of carbonyl (C=O) groups excluding carboxylic acids is 1. The fourth-order valence-electron chi connectivity index (χ4n) is 2.67. The molecule has 0 aliphatic rings. The van der Waals surface area contributed by atoms with E-state index in [1.807, 2.05) is 81.4 Å². The average Bonchev–Trinajstić information content (AvgIpc) is 2.58. The van der Waals surface area contributed by atoms with Crippen molar-refractivity contribution in [2.75, 3.05) is 33.8 Å². The highest BCUT2D eigenvalue weighted by molar-refractivity contribution is 5.78. The molecule has 0 spiro atoms. The Morgan fingerprint density at radius 2 is 1.56 bits per heavy atom. The van der Waals surface area contributed by atoms with Crippen LogP contribution in [0.25, 0.3) is 0 Å². The van der Waals surface area contributed by atoms with Gasteiger partial charge < -0.3 is 14.5 Å². The molecule has 4 nitrogen and oxygen atoms in total. The van der Waals surface area contributed by atoms with Gasteiger partial charge in [-0.1, -0.05) is 48.5 Å². The molecule has 1 amide bonds. The smallest absolute Gasteiger partial charge is 0.260 e. The minimum atomic E-state index is 0.00774. The van der Waals surface area contributed by atoms with Gasteiger partial charge in [0.05, 0.1) is 0 Å². The number of nitrogens with zero attached hydrogens (tertiary/aromatic N) is 2. The summed E-state index contributed by atoms with van der Waals surface area (Å²) in [6.45, 7) is 6.16. The molecule has 0 bridgehead atoms. The Kier molecular flexibility index (Phi) is 7.02. The van der Waals surface area contributed by atoms with Crippen molar-refractivity contribution in [3.8, 4) is 5.75 Å². The summed E-state index contributed by atoms with van der Waals surface area (Å²) < 4.78 is 5.85. The van der Waals surface area contributed by atoms with Gasteiger partial charge >= 0.3 is 0 Å². The normalized spacial score (nSPS) is 10.8. The highest BCUT2D eigenvalue weighted by atomic mass is 16.5. The van der Waals surface area contributed by atoms with Crippen molar-refractivity contribution < 1.29 is 9.53 Å². The Hall–Kier alpha value is -2.33. The summed E-state index contributed by atoms with van der Waals surface area (Å²) in [7, 11) is 4.02. The molecule has 0 atom stereocenters. The molecule has 25 heavy (non-hydrogen) atoms. The van der Waals surface area contributed by atoms with Gasteiger partial charge in [-0.3, -0.25) is 4.79 Å². The molecule has 0 aliphatic carbocycles. The third kappa shape index (κ3) is 5.91. The van der Waals surface area contributed by atoms with Crippen LogP contribution >= 0.6 is 0 Å². The lowest BCUT2D eigenvalue weighted by Crippen LogP contribution is -2.39. The van der Waals surface area contributed by atoms with E-state index in [0.717, 1.165) is 29.0 Å². The van der Waals surface area contributed by atoms with Crippen LogP contribution in [-0.4, -0.2) is 49.5 Å². The predicted molar refractivity (Wildman–Crippen MR) is 102 cm³/mol. The van der Waals surface area contributed by atoms with E-state index in [2.05, 4.69) is 4.90 Å². The molecular weight excluding hydrogens is 312 g/mol. The minimum Gasteiger partial charge on any atom is -0.483 e. The number of rotatable bonds is 8. The van der Waals surface area contributed by atoms with Crippen LogP contribution in [0.5, 0.6) is 5.75 Å². The highest BCUT2D eigenvalue weighted by Gasteiger charge is 2.16. The van der Waals surface area contributed by atoms with Gasteiger partial charge in [-0.05, 0) is 44.6 Å². The average molecular weight is 340 g/mol. The van der Waals surface area contributed by atoms with Gasteiger partial charge in [0.25, 0.3) is 5.91 Å². The molecule has 0 saturated heterocycles. The molecule has 2 aromatic rings. The van der Waals surface area contributed by atoms with Gasteiger partial charge in [0.1, 0.15) is 5.75 Å². The second kappa shape index (κ2) is 9.23. The van der Waals surface area contributed by atoms with Gasteiger partial charge in [0.15, 0.2) is 6.61 Å². The number of hydrogen-bond acceptors (Lipinski definition) is 3. The Labute approximate surface area is 151 Å². The number of likely N-dealkylation sites (N-methyl/N-ethyl adjacent to an activating group) is 1. The van der Waals surface area contributed by atoms with E-state index in [4.69, 9.17) is 4.74 Å². The second-order valence-electron chi connectivity index (χ2n) is 6.61. The molecule has 0 fully saturated rings. The molecular formula is C21H28N2O2. The summed E-state index contributed by atoms with van der Waals surface area (Å²) in [6, 6.07) is 16.1. The highest BCUT2D eigenvalue weighted by Crippen LogP contribution is 2.22. The maximum Gasteiger partial charge on any atom is 0.260 e. The van der Waals surface area contributed by atoms with E-state index >= 15 is 0 Å². The molecule has 0 saturated carbocycles. The van der Waals surface area contributed by atoms with Crippen LogP contribution in [-0.2, 0) is 11.3 Å². The molecule has 0 radical (unpaired) electrons. The second-order valence-corrected chi connectivity index (χ2v) is 6.61. The van der Waals surface area contributed by atoms with Crippen LogP contribution in [0.1, 0.15) is 16.7 Å². The first-order valence-electron chi connectivity index (χ1n) is 8.63. The summed E-state index contributed by atoms with van der Waals surface area (Å²) >= 11 is 0. The first-order chi connectivity index (χ1) is 12.0. The topological polar surface area (TPSA) is 32.8 Å². The molecule has 0 aromatic heterocycles. The lowest BCUT2D eigenvalue weighted by Gasteiger charge is -2.25. The van der Waals surface area contributed by atoms with Crippen molar-refractivity contribution >= 4 is 5.91 Å². The van der Waals surface area contributed by atoms with Gasteiger partial charge in [-0.2, -0.15) is 0 Å². The number of hydrogen-bond donors (Lipinski definition) is 0. The predicted octanol–water partition coefficient (Wildman–Crippen LogP) is 3.27. The summed E-state index contributed by atoms with van der Waals surface area (Å²) in [4.78, 5) is 16.7. The maximum absolute atomic E-state index is 12.7. The third-order valence-electron chi connectivity index (χ3n) is 4.13. The van der Waals surface area contributed by atoms with Crippen molar-refractivity contribution in [1.82, 2.24) is 9.80 Å². The van der Waals surface area contributed by atoms with Crippen LogP contribution in [0.3, 0.4) is 0 Å². The molecule has 0 unspecified atom stereocenters. The van der Waals surface area contributed by atoms with Crippen LogP contribution in [0.15, 0.2) is 48.5 Å². The molecule has 2 aromatic carbocycles. The van der Waals surface area contributed by atoms with E-state index < -0.39 is 0 Å². The van der Waals surface area contributed by atoms with E-state index in [1.54, 1.807) is 0 Å². The van der Waals surface area contributed by atoms with Crippen molar-refractivity contribution in [1.29, 1.82) is 0 Å². The molecule has 0 N–H and O–H groups in total. The van der Waals surface area contributed by atoms with Gasteiger partial charge in [-0.25, -0.2) is 0 Å².